The molecule has 126 valence electrons. The van der Waals surface area contributed by atoms with Gasteiger partial charge in [0.1, 0.15) is 0 Å². The maximum atomic E-state index is 10.7. The number of primary amides is 1. The van der Waals surface area contributed by atoms with Crippen LogP contribution in [0.5, 0.6) is 0 Å². The fourth-order valence-corrected chi connectivity index (χ4v) is 2.48. The van der Waals surface area contributed by atoms with E-state index in [2.05, 4.69) is 29.3 Å². The highest BCUT2D eigenvalue weighted by Gasteiger charge is 2.05. The van der Waals surface area contributed by atoms with Crippen molar-refractivity contribution < 1.29 is 10.0 Å². The van der Waals surface area contributed by atoms with Crippen molar-refractivity contribution in [1.29, 1.82) is 0 Å². The van der Waals surface area contributed by atoms with Crippen LogP contribution in [0.4, 0.5) is 4.79 Å². The number of rotatable bonds is 8. The van der Waals surface area contributed by atoms with Crippen LogP contribution < -0.4 is 5.73 Å². The van der Waals surface area contributed by atoms with Gasteiger partial charge in [-0.2, -0.15) is 0 Å². The van der Waals surface area contributed by atoms with Crippen molar-refractivity contribution in [2.75, 3.05) is 6.54 Å². The fraction of sp³-hybridized carbons (Fsp3) is 0.263. The Morgan fingerprint density at radius 2 is 1.83 bits per heavy atom. The third-order valence-corrected chi connectivity index (χ3v) is 3.73. The number of urea groups is 1. The van der Waals surface area contributed by atoms with Crippen LogP contribution in [0.3, 0.4) is 0 Å². The number of benzene rings is 1. The van der Waals surface area contributed by atoms with Crippen molar-refractivity contribution >= 4 is 11.6 Å². The second-order valence-corrected chi connectivity index (χ2v) is 5.54. The quantitative estimate of drug-likeness (QED) is 0.439. The summed E-state index contributed by atoms with van der Waals surface area (Å²) in [6.45, 7) is 0.271. The highest BCUT2D eigenvalue weighted by atomic mass is 16.5. The minimum Gasteiger partial charge on any atom is -0.350 e. The van der Waals surface area contributed by atoms with E-state index >= 15 is 0 Å². The zero-order chi connectivity index (χ0) is 17.2. The van der Waals surface area contributed by atoms with E-state index in [4.69, 9.17) is 5.73 Å². The van der Waals surface area contributed by atoms with Gasteiger partial charge >= 0.3 is 6.03 Å². The van der Waals surface area contributed by atoms with Crippen molar-refractivity contribution in [3.8, 4) is 0 Å². The van der Waals surface area contributed by atoms with E-state index in [1.807, 2.05) is 30.5 Å². The van der Waals surface area contributed by atoms with Crippen LogP contribution in [0, 0.1) is 0 Å². The minimum atomic E-state index is -0.808. The molecule has 0 aliphatic rings. The summed E-state index contributed by atoms with van der Waals surface area (Å²) in [5, 5.41) is 9.76. The first-order chi connectivity index (χ1) is 11.7. The van der Waals surface area contributed by atoms with Crippen molar-refractivity contribution in [2.24, 2.45) is 5.73 Å². The van der Waals surface area contributed by atoms with Crippen LogP contribution in [0.25, 0.3) is 5.57 Å². The van der Waals surface area contributed by atoms with Crippen LogP contribution in [0.2, 0.25) is 0 Å². The number of aromatic nitrogens is 1. The average Bonchev–Trinajstić information content (AvgIpc) is 2.62. The van der Waals surface area contributed by atoms with Gasteiger partial charge in [-0.1, -0.05) is 48.9 Å². The summed E-state index contributed by atoms with van der Waals surface area (Å²) in [7, 11) is 0. The summed E-state index contributed by atoms with van der Waals surface area (Å²) in [5.41, 5.74) is 8.40. The molecule has 2 amide bonds. The van der Waals surface area contributed by atoms with E-state index in [1.54, 1.807) is 6.20 Å². The summed E-state index contributed by atoms with van der Waals surface area (Å²) in [5.74, 6) is 0. The van der Waals surface area contributed by atoms with Gasteiger partial charge in [-0.3, -0.25) is 10.2 Å². The van der Waals surface area contributed by atoms with E-state index in [0.29, 0.717) is 5.06 Å². The molecule has 5 nitrogen and oxygen atoms in total. The summed E-state index contributed by atoms with van der Waals surface area (Å²) in [6.07, 6.45) is 9.39. The third kappa shape index (κ3) is 5.52. The van der Waals surface area contributed by atoms with Crippen LogP contribution in [-0.2, 0) is 0 Å². The summed E-state index contributed by atoms with van der Waals surface area (Å²) >= 11 is 0. The monoisotopic (exact) mass is 325 g/mol. The molecular weight excluding hydrogens is 302 g/mol. The highest BCUT2D eigenvalue weighted by molar-refractivity contribution is 5.79. The maximum absolute atomic E-state index is 10.7. The third-order valence-electron chi connectivity index (χ3n) is 3.73. The fourth-order valence-electron chi connectivity index (χ4n) is 2.48. The molecule has 2 aromatic rings. The first kappa shape index (κ1) is 17.7. The zero-order valence-electron chi connectivity index (χ0n) is 13.6. The van der Waals surface area contributed by atoms with Crippen molar-refractivity contribution in [3.63, 3.8) is 0 Å². The molecule has 0 fully saturated rings. The molecule has 0 radical (unpaired) electrons. The van der Waals surface area contributed by atoms with Gasteiger partial charge in [0.2, 0.25) is 0 Å². The molecule has 0 unspecified atom stereocenters. The second kappa shape index (κ2) is 9.47. The van der Waals surface area contributed by atoms with E-state index < -0.39 is 6.03 Å². The van der Waals surface area contributed by atoms with Crippen LogP contribution in [0.1, 0.15) is 36.8 Å². The number of amides is 2. The predicted molar refractivity (Wildman–Crippen MR) is 94.3 cm³/mol. The first-order valence-corrected chi connectivity index (χ1v) is 8.10. The number of carbonyl (C=O) groups is 1. The Kier molecular flexibility index (Phi) is 6.98. The number of pyridine rings is 1. The first-order valence-electron chi connectivity index (χ1n) is 8.10. The van der Waals surface area contributed by atoms with Crippen molar-refractivity contribution in [1.82, 2.24) is 10.0 Å². The lowest BCUT2D eigenvalue weighted by molar-refractivity contribution is -0.0402. The van der Waals surface area contributed by atoms with Gasteiger partial charge in [-0.05, 0) is 36.5 Å². The van der Waals surface area contributed by atoms with E-state index in [0.717, 1.165) is 31.2 Å². The number of hydroxylamine groups is 2. The number of hydrogen-bond acceptors (Lipinski definition) is 3. The highest BCUT2D eigenvalue weighted by Crippen LogP contribution is 2.23. The Balaban J connectivity index is 1.94. The molecule has 24 heavy (non-hydrogen) atoms. The number of carbonyl (C=O) groups excluding carboxylic acids is 1. The summed E-state index contributed by atoms with van der Waals surface area (Å²) in [6, 6.07) is 13.4. The van der Waals surface area contributed by atoms with Gasteiger partial charge in [0, 0.05) is 18.0 Å². The normalized spacial score (nSPS) is 11.3. The number of hydrogen-bond donors (Lipinski definition) is 2. The van der Waals surface area contributed by atoms with Crippen molar-refractivity contribution in [3.05, 3.63) is 72.1 Å². The van der Waals surface area contributed by atoms with E-state index in [-0.39, 0.29) is 6.54 Å². The van der Waals surface area contributed by atoms with Crippen LogP contribution >= 0.6 is 0 Å². The van der Waals surface area contributed by atoms with Crippen LogP contribution in [0.15, 0.2) is 60.9 Å². The Hall–Kier alpha value is -2.66. The zero-order valence-corrected chi connectivity index (χ0v) is 13.6. The molecule has 2 rings (SSSR count). The van der Waals surface area contributed by atoms with Crippen LogP contribution in [-0.4, -0.2) is 27.8 Å². The molecule has 0 atom stereocenters. The van der Waals surface area contributed by atoms with E-state index in [1.165, 1.54) is 11.1 Å². The lowest BCUT2D eigenvalue weighted by Gasteiger charge is -2.11. The molecule has 0 saturated heterocycles. The molecule has 3 N–H and O–H groups in total. The molecule has 0 bridgehead atoms. The molecular formula is C19H23N3O2. The molecule has 1 aromatic heterocycles. The second-order valence-electron chi connectivity index (χ2n) is 5.54. The molecule has 1 aromatic carbocycles. The minimum absolute atomic E-state index is 0.271. The molecule has 0 aliphatic carbocycles. The van der Waals surface area contributed by atoms with Gasteiger partial charge in [0.05, 0.1) is 6.54 Å². The number of nitrogens with zero attached hydrogens (tertiary/aromatic N) is 2. The Morgan fingerprint density at radius 1 is 1.08 bits per heavy atom. The van der Waals surface area contributed by atoms with E-state index in [9.17, 15) is 10.0 Å². The Labute approximate surface area is 142 Å². The molecule has 5 heteroatoms. The van der Waals surface area contributed by atoms with Gasteiger partial charge in [0.15, 0.2) is 0 Å². The number of nitrogens with two attached hydrogens (primary N) is 1. The SMILES string of the molecule is NC(=O)N(O)CCCCCC=C(c1ccccc1)c1cccnc1. The maximum Gasteiger partial charge on any atom is 0.338 e. The molecule has 0 spiro atoms. The Bertz CT molecular complexity index is 615. The van der Waals surface area contributed by atoms with Gasteiger partial charge < -0.3 is 5.73 Å². The molecule has 1 heterocycles. The predicted octanol–water partition coefficient (Wildman–Crippen LogP) is 3.84. The summed E-state index contributed by atoms with van der Waals surface area (Å²) in [4.78, 5) is 14.9. The number of allylic oxidation sites excluding steroid dienone is 1. The smallest absolute Gasteiger partial charge is 0.338 e. The molecule has 0 aliphatic heterocycles. The summed E-state index contributed by atoms with van der Waals surface area (Å²) < 4.78 is 0. The van der Waals surface area contributed by atoms with Gasteiger partial charge in [-0.15, -0.1) is 0 Å². The topological polar surface area (TPSA) is 79.5 Å². The van der Waals surface area contributed by atoms with Crippen molar-refractivity contribution in [2.45, 2.75) is 25.7 Å². The largest absolute Gasteiger partial charge is 0.350 e. The number of unbranched alkanes of at least 4 members (excludes halogenated alkanes) is 3. The average molecular weight is 325 g/mol. The Morgan fingerprint density at radius 3 is 2.50 bits per heavy atom. The van der Waals surface area contributed by atoms with Gasteiger partial charge in [-0.25, -0.2) is 9.86 Å². The lowest BCUT2D eigenvalue weighted by atomic mass is 9.97. The lowest BCUT2D eigenvalue weighted by Crippen LogP contribution is -2.33. The van der Waals surface area contributed by atoms with Gasteiger partial charge in [0.25, 0.3) is 0 Å². The standard InChI is InChI=1S/C19H23N3O2/c20-19(23)22(24)14-7-2-1-6-12-18(16-9-4-3-5-10-16)17-11-8-13-21-15-17/h3-5,8-13,15,24H,1-2,6-7,14H2,(H2,20,23). The molecule has 0 saturated carbocycles.